The third-order valence-electron chi connectivity index (χ3n) is 6.06. The van der Waals surface area contributed by atoms with Gasteiger partial charge in [0.25, 0.3) is 0 Å². The minimum atomic E-state index is -2.10. The van der Waals surface area contributed by atoms with Crippen molar-refractivity contribution >= 4 is 24.2 Å². The summed E-state index contributed by atoms with van der Waals surface area (Å²) >= 11 is 3.36. The standard InChI is InChI=1S/C19H32BrNO4Si/c1-18(2,3)26(8,9)25-17-14-16(24-7)15(22)12(20)10-21(14)11-13(23-6)19(17,4)5/h10,13,17H,11H2,1-9H3. The Balaban J connectivity index is 2.73. The summed E-state index contributed by atoms with van der Waals surface area (Å²) in [5.74, 6) is 0.353. The maximum Gasteiger partial charge on any atom is 0.237 e. The van der Waals surface area contributed by atoms with Crippen LogP contribution >= 0.6 is 15.9 Å². The highest BCUT2D eigenvalue weighted by molar-refractivity contribution is 9.10. The van der Waals surface area contributed by atoms with Crippen LogP contribution in [0, 0.1) is 5.41 Å². The van der Waals surface area contributed by atoms with Crippen LogP contribution in [-0.2, 0) is 15.7 Å². The van der Waals surface area contributed by atoms with Gasteiger partial charge >= 0.3 is 0 Å². The molecule has 1 aromatic heterocycles. The Morgan fingerprint density at radius 3 is 2.31 bits per heavy atom. The van der Waals surface area contributed by atoms with Crippen LogP contribution in [0.4, 0.5) is 0 Å². The van der Waals surface area contributed by atoms with Crippen molar-refractivity contribution in [2.45, 2.75) is 71.5 Å². The lowest BCUT2D eigenvalue weighted by Crippen LogP contribution is -2.52. The lowest BCUT2D eigenvalue weighted by Gasteiger charge is -2.50. The summed E-state index contributed by atoms with van der Waals surface area (Å²) in [6.45, 7) is 16.0. The predicted octanol–water partition coefficient (Wildman–Crippen LogP) is 4.74. The minimum Gasteiger partial charge on any atom is -0.491 e. The van der Waals surface area contributed by atoms with E-state index in [-0.39, 0.29) is 28.1 Å². The average Bonchev–Trinajstić information content (AvgIpc) is 2.50. The van der Waals surface area contributed by atoms with Gasteiger partial charge in [0.1, 0.15) is 0 Å². The molecular formula is C19H32BrNO4Si. The smallest absolute Gasteiger partial charge is 0.237 e. The Morgan fingerprint density at radius 1 is 1.27 bits per heavy atom. The van der Waals surface area contributed by atoms with Gasteiger partial charge < -0.3 is 18.5 Å². The van der Waals surface area contributed by atoms with Crippen LogP contribution in [0.5, 0.6) is 5.75 Å². The molecular weight excluding hydrogens is 414 g/mol. The second kappa shape index (κ2) is 7.07. The summed E-state index contributed by atoms with van der Waals surface area (Å²) in [5.41, 5.74) is 0.357. The van der Waals surface area contributed by atoms with E-state index in [4.69, 9.17) is 13.9 Å². The highest BCUT2D eigenvalue weighted by Crippen LogP contribution is 2.51. The third-order valence-corrected chi connectivity index (χ3v) is 11.1. The fraction of sp³-hybridized carbons (Fsp3) is 0.737. The van der Waals surface area contributed by atoms with E-state index in [2.05, 4.69) is 63.6 Å². The molecule has 7 heteroatoms. The topological polar surface area (TPSA) is 49.7 Å². The van der Waals surface area contributed by atoms with Crippen molar-refractivity contribution in [2.75, 3.05) is 14.2 Å². The highest BCUT2D eigenvalue weighted by Gasteiger charge is 2.50. The number of ether oxygens (including phenoxy) is 2. The molecule has 0 spiro atoms. The zero-order valence-electron chi connectivity index (χ0n) is 17.4. The Kier molecular flexibility index (Phi) is 5.89. The Labute approximate surface area is 166 Å². The van der Waals surface area contributed by atoms with Crippen LogP contribution in [0.25, 0.3) is 0 Å². The average molecular weight is 446 g/mol. The van der Waals surface area contributed by atoms with Gasteiger partial charge in [-0.2, -0.15) is 0 Å². The molecule has 148 valence electrons. The SMILES string of the molecule is COc1c2n(cc(Br)c1=O)CC(OC)C(C)(C)C2O[Si](C)(C)C(C)(C)C. The maximum atomic E-state index is 12.7. The number of halogens is 1. The second-order valence-electron chi connectivity index (χ2n) is 9.18. The summed E-state index contributed by atoms with van der Waals surface area (Å²) in [6.07, 6.45) is 1.49. The first-order chi connectivity index (χ1) is 11.8. The quantitative estimate of drug-likeness (QED) is 0.627. The lowest BCUT2D eigenvalue weighted by molar-refractivity contribution is -0.0916. The summed E-state index contributed by atoms with van der Waals surface area (Å²) < 4.78 is 20.8. The van der Waals surface area contributed by atoms with E-state index in [0.29, 0.717) is 16.8 Å². The number of pyridine rings is 1. The van der Waals surface area contributed by atoms with Crippen LogP contribution in [0.15, 0.2) is 15.5 Å². The monoisotopic (exact) mass is 445 g/mol. The zero-order chi connectivity index (χ0) is 20.1. The second-order valence-corrected chi connectivity index (χ2v) is 14.8. The van der Waals surface area contributed by atoms with Crippen molar-refractivity contribution in [3.8, 4) is 5.75 Å². The predicted molar refractivity (Wildman–Crippen MR) is 111 cm³/mol. The first kappa shape index (κ1) is 21.7. The van der Waals surface area contributed by atoms with Crippen molar-refractivity contribution in [1.29, 1.82) is 0 Å². The van der Waals surface area contributed by atoms with Crippen LogP contribution in [0.1, 0.15) is 46.4 Å². The molecule has 26 heavy (non-hydrogen) atoms. The molecule has 2 atom stereocenters. The Morgan fingerprint density at radius 2 is 1.85 bits per heavy atom. The van der Waals surface area contributed by atoms with Gasteiger partial charge in [0.2, 0.25) is 5.43 Å². The van der Waals surface area contributed by atoms with E-state index in [1.54, 1.807) is 14.2 Å². The molecule has 0 bridgehead atoms. The van der Waals surface area contributed by atoms with Crippen molar-refractivity contribution in [3.63, 3.8) is 0 Å². The molecule has 0 aliphatic carbocycles. The molecule has 0 radical (unpaired) electrons. The molecule has 2 unspecified atom stereocenters. The molecule has 0 saturated heterocycles. The highest BCUT2D eigenvalue weighted by atomic mass is 79.9. The molecule has 0 saturated carbocycles. The van der Waals surface area contributed by atoms with E-state index >= 15 is 0 Å². The molecule has 0 fully saturated rings. The fourth-order valence-corrected chi connectivity index (χ4v) is 5.02. The first-order valence-electron chi connectivity index (χ1n) is 8.95. The normalized spacial score (nSPS) is 22.8. The van der Waals surface area contributed by atoms with Crippen LogP contribution < -0.4 is 10.2 Å². The molecule has 0 amide bonds. The molecule has 0 N–H and O–H groups in total. The third kappa shape index (κ3) is 3.55. The molecule has 0 aromatic carbocycles. The van der Waals surface area contributed by atoms with Gasteiger partial charge in [-0.25, -0.2) is 0 Å². The van der Waals surface area contributed by atoms with Gasteiger partial charge in [-0.1, -0.05) is 34.6 Å². The van der Waals surface area contributed by atoms with Gasteiger partial charge in [0.05, 0.1) is 29.5 Å². The number of nitrogens with zero attached hydrogens (tertiary/aromatic N) is 1. The van der Waals surface area contributed by atoms with Crippen LogP contribution in [-0.4, -0.2) is 33.2 Å². The largest absolute Gasteiger partial charge is 0.491 e. The van der Waals surface area contributed by atoms with Crippen LogP contribution in [0.2, 0.25) is 18.1 Å². The van der Waals surface area contributed by atoms with Gasteiger partial charge in [0.15, 0.2) is 14.1 Å². The molecule has 1 aromatic rings. The van der Waals surface area contributed by atoms with Gasteiger partial charge in [-0.15, -0.1) is 0 Å². The van der Waals surface area contributed by atoms with Crippen LogP contribution in [0.3, 0.4) is 0 Å². The summed E-state index contributed by atoms with van der Waals surface area (Å²) in [5, 5.41) is 0.0524. The fourth-order valence-electron chi connectivity index (χ4n) is 3.23. The molecule has 1 aliphatic heterocycles. The number of aromatic nitrogens is 1. The first-order valence-corrected chi connectivity index (χ1v) is 12.7. The number of hydrogen-bond acceptors (Lipinski definition) is 4. The van der Waals surface area contributed by atoms with E-state index in [9.17, 15) is 4.79 Å². The molecule has 1 aliphatic rings. The van der Waals surface area contributed by atoms with Crippen molar-refractivity contribution in [3.05, 3.63) is 26.6 Å². The lowest BCUT2D eigenvalue weighted by atomic mass is 9.76. The molecule has 2 heterocycles. The number of hydrogen-bond donors (Lipinski definition) is 0. The molecule has 5 nitrogen and oxygen atoms in total. The summed E-state index contributed by atoms with van der Waals surface area (Å²) in [6, 6.07) is 0. The van der Waals surface area contributed by atoms with Crippen molar-refractivity contribution in [1.82, 2.24) is 4.57 Å². The van der Waals surface area contributed by atoms with E-state index < -0.39 is 8.32 Å². The summed E-state index contributed by atoms with van der Waals surface area (Å²) in [7, 11) is 1.18. The van der Waals surface area contributed by atoms with Crippen molar-refractivity contribution in [2.24, 2.45) is 5.41 Å². The van der Waals surface area contributed by atoms with Gasteiger partial charge in [-0.3, -0.25) is 4.79 Å². The van der Waals surface area contributed by atoms with E-state index in [1.165, 1.54) is 0 Å². The minimum absolute atomic E-state index is 0.0381. The molecule has 2 rings (SSSR count). The number of methoxy groups -OCH3 is 2. The maximum absolute atomic E-state index is 12.7. The van der Waals surface area contributed by atoms with Crippen molar-refractivity contribution < 1.29 is 13.9 Å². The summed E-state index contributed by atoms with van der Waals surface area (Å²) in [4.78, 5) is 12.7. The van der Waals surface area contributed by atoms with E-state index in [0.717, 1.165) is 5.69 Å². The Bertz CT molecular complexity index is 736. The van der Waals surface area contributed by atoms with Gasteiger partial charge in [0, 0.05) is 25.3 Å². The van der Waals surface area contributed by atoms with Gasteiger partial charge in [-0.05, 0) is 34.1 Å². The zero-order valence-corrected chi connectivity index (χ0v) is 20.0. The Hall–Kier alpha value is -0.633. The number of fused-ring (bicyclic) bond motifs is 1. The van der Waals surface area contributed by atoms with E-state index in [1.807, 2.05) is 10.8 Å². The number of rotatable bonds is 4.